The molecule has 1 aromatic rings. The molecule has 106 valence electrons. The summed E-state index contributed by atoms with van der Waals surface area (Å²) in [5, 5.41) is 6.60. The van der Waals surface area contributed by atoms with E-state index in [1.165, 1.54) is 6.20 Å². The summed E-state index contributed by atoms with van der Waals surface area (Å²) < 4.78 is 27.0. The van der Waals surface area contributed by atoms with E-state index in [2.05, 4.69) is 10.2 Å². The molecule has 0 aromatic carbocycles. The van der Waals surface area contributed by atoms with Crippen molar-refractivity contribution in [2.24, 2.45) is 17.6 Å². The molecule has 1 aromatic heterocycles. The van der Waals surface area contributed by atoms with Gasteiger partial charge in [-0.3, -0.25) is 5.10 Å². The Morgan fingerprint density at radius 3 is 2.32 bits per heavy atom. The van der Waals surface area contributed by atoms with Crippen LogP contribution in [0.1, 0.15) is 31.2 Å². The maximum Gasteiger partial charge on any atom is 0.260 e. The second-order valence-corrected chi connectivity index (χ2v) is 7.51. The largest absolute Gasteiger partial charge is 0.326 e. The van der Waals surface area contributed by atoms with Crippen LogP contribution in [0.2, 0.25) is 0 Å². The smallest absolute Gasteiger partial charge is 0.260 e. The van der Waals surface area contributed by atoms with Gasteiger partial charge in [-0.05, 0) is 37.5 Å². The highest BCUT2D eigenvalue weighted by Gasteiger charge is 2.37. The number of hydrogen-bond donors (Lipinski definition) is 2. The number of nitrogens with one attached hydrogen (secondary N) is 1. The van der Waals surface area contributed by atoms with Crippen LogP contribution < -0.4 is 5.73 Å². The lowest BCUT2D eigenvalue weighted by molar-refractivity contribution is 0.380. The molecule has 2 fully saturated rings. The number of hydrogen-bond acceptors (Lipinski definition) is 4. The predicted octanol–water partition coefficient (Wildman–Crippen LogP) is 0.679. The number of aromatic amines is 1. The van der Waals surface area contributed by atoms with Crippen molar-refractivity contribution in [3.05, 3.63) is 11.8 Å². The summed E-state index contributed by atoms with van der Waals surface area (Å²) in [6.07, 6.45) is 6.07. The summed E-state index contributed by atoms with van der Waals surface area (Å²) in [4.78, 5) is 0. The molecular weight excluding hydrogens is 264 g/mol. The van der Waals surface area contributed by atoms with Crippen LogP contribution in [0.5, 0.6) is 0 Å². The zero-order valence-corrected chi connectivity index (χ0v) is 11.7. The van der Waals surface area contributed by atoms with Crippen LogP contribution in [0.3, 0.4) is 0 Å². The van der Waals surface area contributed by atoms with Crippen molar-refractivity contribution in [2.45, 2.75) is 37.3 Å². The second-order valence-electron chi connectivity index (χ2n) is 5.64. The van der Waals surface area contributed by atoms with E-state index in [1.54, 1.807) is 4.31 Å². The van der Waals surface area contributed by atoms with Crippen LogP contribution >= 0.6 is 0 Å². The van der Waals surface area contributed by atoms with Crippen molar-refractivity contribution in [3.63, 3.8) is 0 Å². The van der Waals surface area contributed by atoms with Crippen LogP contribution in [-0.2, 0) is 16.6 Å². The van der Waals surface area contributed by atoms with Crippen LogP contribution in [-0.4, -0.2) is 36.0 Å². The molecule has 0 saturated heterocycles. The SMILES string of the molecule is NCc1cn[nH]c1S(=O)(=O)N(CC1CC1)CC1CC1. The van der Waals surface area contributed by atoms with Crippen LogP contribution in [0, 0.1) is 11.8 Å². The van der Waals surface area contributed by atoms with Crippen molar-refractivity contribution in [2.75, 3.05) is 13.1 Å². The second kappa shape index (κ2) is 4.88. The average molecular weight is 284 g/mol. The monoisotopic (exact) mass is 284 g/mol. The molecule has 19 heavy (non-hydrogen) atoms. The third-order valence-corrected chi connectivity index (χ3v) is 5.66. The lowest BCUT2D eigenvalue weighted by atomic mass is 10.4. The van der Waals surface area contributed by atoms with Crippen molar-refractivity contribution in [1.82, 2.24) is 14.5 Å². The fraction of sp³-hybridized carbons (Fsp3) is 0.750. The van der Waals surface area contributed by atoms with Gasteiger partial charge < -0.3 is 5.73 Å². The summed E-state index contributed by atoms with van der Waals surface area (Å²) in [7, 11) is -3.48. The molecule has 0 radical (unpaired) electrons. The van der Waals surface area contributed by atoms with E-state index in [1.807, 2.05) is 0 Å². The first-order valence-electron chi connectivity index (χ1n) is 6.83. The summed E-state index contributed by atoms with van der Waals surface area (Å²) in [6.45, 7) is 1.47. The van der Waals surface area contributed by atoms with Gasteiger partial charge in [0.2, 0.25) is 0 Å². The molecule has 6 nitrogen and oxygen atoms in total. The van der Waals surface area contributed by atoms with E-state index >= 15 is 0 Å². The van der Waals surface area contributed by atoms with Gasteiger partial charge in [0.15, 0.2) is 5.03 Å². The van der Waals surface area contributed by atoms with Crippen LogP contribution in [0.4, 0.5) is 0 Å². The van der Waals surface area contributed by atoms with Gasteiger partial charge in [-0.1, -0.05) is 0 Å². The maximum atomic E-state index is 12.7. The highest BCUT2D eigenvalue weighted by atomic mass is 32.2. The van der Waals surface area contributed by atoms with Gasteiger partial charge >= 0.3 is 0 Å². The lowest BCUT2D eigenvalue weighted by Gasteiger charge is -2.21. The van der Waals surface area contributed by atoms with E-state index in [4.69, 9.17) is 5.73 Å². The Bertz CT molecular complexity index is 532. The minimum atomic E-state index is -3.48. The molecule has 2 aliphatic carbocycles. The molecule has 7 heteroatoms. The number of sulfonamides is 1. The van der Waals surface area contributed by atoms with Crippen molar-refractivity contribution < 1.29 is 8.42 Å². The Kier molecular flexibility index (Phi) is 3.36. The fourth-order valence-electron chi connectivity index (χ4n) is 2.24. The highest BCUT2D eigenvalue weighted by Crippen LogP contribution is 2.36. The summed E-state index contributed by atoms with van der Waals surface area (Å²) >= 11 is 0. The Morgan fingerprint density at radius 1 is 1.26 bits per heavy atom. The predicted molar refractivity (Wildman–Crippen MR) is 70.7 cm³/mol. The van der Waals surface area contributed by atoms with Crippen molar-refractivity contribution in [3.8, 4) is 0 Å². The first-order chi connectivity index (χ1) is 9.11. The quantitative estimate of drug-likeness (QED) is 0.770. The first kappa shape index (κ1) is 13.1. The Morgan fingerprint density at radius 2 is 1.84 bits per heavy atom. The number of aromatic nitrogens is 2. The number of H-pyrrole nitrogens is 1. The van der Waals surface area contributed by atoms with Gasteiger partial charge in [-0.25, -0.2) is 8.42 Å². The standard InChI is InChI=1S/C12H20N4O2S/c13-5-11-6-14-15-12(11)19(17,18)16(7-9-1-2-9)8-10-3-4-10/h6,9-10H,1-5,7-8,13H2,(H,14,15). The van der Waals surface area contributed by atoms with Gasteiger partial charge in [-0.15, -0.1) is 0 Å². The normalized spacial score (nSPS) is 20.1. The maximum absolute atomic E-state index is 12.7. The van der Waals surface area contributed by atoms with E-state index in [9.17, 15) is 8.42 Å². The third kappa shape index (κ3) is 2.82. The summed E-state index contributed by atoms with van der Waals surface area (Å²) in [5.74, 6) is 1.08. The fourth-order valence-corrected chi connectivity index (χ4v) is 3.95. The molecule has 0 aliphatic heterocycles. The van der Waals surface area contributed by atoms with Crippen LogP contribution in [0.25, 0.3) is 0 Å². The number of nitrogens with zero attached hydrogens (tertiary/aromatic N) is 2. The average Bonchev–Trinajstić information content (AvgIpc) is 3.30. The zero-order valence-electron chi connectivity index (χ0n) is 10.9. The first-order valence-corrected chi connectivity index (χ1v) is 8.27. The minimum absolute atomic E-state index is 0.177. The van der Waals surface area contributed by atoms with E-state index in [0.29, 0.717) is 30.5 Å². The van der Waals surface area contributed by atoms with Gasteiger partial charge in [0.05, 0.1) is 6.20 Å². The molecule has 1 heterocycles. The molecule has 2 saturated carbocycles. The van der Waals surface area contributed by atoms with E-state index in [-0.39, 0.29) is 11.6 Å². The third-order valence-electron chi connectivity index (χ3n) is 3.81. The Balaban J connectivity index is 1.85. The van der Waals surface area contributed by atoms with Gasteiger partial charge in [-0.2, -0.15) is 9.40 Å². The van der Waals surface area contributed by atoms with Crippen LogP contribution in [0.15, 0.2) is 11.2 Å². The number of nitrogens with two attached hydrogens (primary N) is 1. The minimum Gasteiger partial charge on any atom is -0.326 e. The zero-order chi connectivity index (χ0) is 13.5. The molecule has 0 bridgehead atoms. The summed E-state index contributed by atoms with van der Waals surface area (Å²) in [6, 6.07) is 0. The van der Waals surface area contributed by atoms with Gasteiger partial charge in [0, 0.05) is 25.2 Å². The number of rotatable bonds is 7. The van der Waals surface area contributed by atoms with E-state index < -0.39 is 10.0 Å². The van der Waals surface area contributed by atoms with Gasteiger partial charge in [0.25, 0.3) is 10.0 Å². The molecule has 0 spiro atoms. The lowest BCUT2D eigenvalue weighted by Crippen LogP contribution is -2.35. The van der Waals surface area contributed by atoms with Gasteiger partial charge in [0.1, 0.15) is 0 Å². The molecular formula is C12H20N4O2S. The van der Waals surface area contributed by atoms with E-state index in [0.717, 1.165) is 25.7 Å². The highest BCUT2D eigenvalue weighted by molar-refractivity contribution is 7.89. The molecule has 3 N–H and O–H groups in total. The van der Waals surface area contributed by atoms with Crippen molar-refractivity contribution >= 4 is 10.0 Å². The molecule has 0 unspecified atom stereocenters. The molecule has 2 aliphatic rings. The molecule has 0 amide bonds. The topological polar surface area (TPSA) is 92.1 Å². The molecule has 3 rings (SSSR count). The van der Waals surface area contributed by atoms with Crippen molar-refractivity contribution in [1.29, 1.82) is 0 Å². The Labute approximate surface area is 113 Å². The molecule has 0 atom stereocenters. The Hall–Kier alpha value is -0.920. The summed E-state index contributed by atoms with van der Waals surface area (Å²) in [5.41, 5.74) is 6.14.